The van der Waals surface area contributed by atoms with Gasteiger partial charge in [-0.05, 0) is 44.6 Å². The van der Waals surface area contributed by atoms with Crippen molar-refractivity contribution in [3.8, 4) is 0 Å². The fourth-order valence-corrected chi connectivity index (χ4v) is 4.84. The van der Waals surface area contributed by atoms with E-state index in [0.29, 0.717) is 19.5 Å². The zero-order valence-electron chi connectivity index (χ0n) is 17.3. The molecular weight excluding hydrogens is 368 g/mol. The topological polar surface area (TPSA) is 87.4 Å². The molecule has 1 N–H and O–H groups in total. The summed E-state index contributed by atoms with van der Waals surface area (Å²) >= 11 is 0. The highest BCUT2D eigenvalue weighted by atomic mass is 16.3. The first-order valence-electron chi connectivity index (χ1n) is 10.4. The third kappa shape index (κ3) is 4.42. The number of amides is 1. The van der Waals surface area contributed by atoms with E-state index in [1.807, 2.05) is 29.5 Å². The van der Waals surface area contributed by atoms with Gasteiger partial charge in [-0.2, -0.15) is 5.10 Å². The van der Waals surface area contributed by atoms with Gasteiger partial charge in [-0.25, -0.2) is 4.98 Å². The number of hydrogen-bond acceptors (Lipinski definition) is 6. The Labute approximate surface area is 171 Å². The average Bonchev–Trinajstić information content (AvgIpc) is 3.04. The van der Waals surface area contributed by atoms with Crippen molar-refractivity contribution in [1.82, 2.24) is 24.6 Å². The zero-order valence-corrected chi connectivity index (χ0v) is 17.3. The molecule has 1 unspecified atom stereocenters. The molecule has 2 aromatic rings. The third-order valence-electron chi connectivity index (χ3n) is 6.32. The SMILES string of the molecule is Cc1cc(C)n(CCC(=O)N2CCC3(CC2)CC(O)CN(c2cnccn2)C3)n1. The predicted octanol–water partition coefficient (Wildman–Crippen LogP) is 1.56. The first-order chi connectivity index (χ1) is 13.9. The largest absolute Gasteiger partial charge is 0.391 e. The Bertz CT molecular complexity index is 844. The van der Waals surface area contributed by atoms with Crippen LogP contribution in [0.4, 0.5) is 5.82 Å². The highest BCUT2D eigenvalue weighted by Gasteiger charge is 2.42. The molecule has 2 aliphatic heterocycles. The number of hydrogen-bond donors (Lipinski definition) is 1. The standard InChI is InChI=1S/C21H30N6O2/c1-16-11-17(2)27(24-16)8-3-20(29)25-9-4-21(5-10-25)12-18(28)14-26(15-21)19-13-22-6-7-23-19/h6-7,11,13,18,28H,3-5,8-10,12,14-15H2,1-2H3. The van der Waals surface area contributed by atoms with Crippen LogP contribution in [0, 0.1) is 19.3 Å². The number of aliphatic hydroxyl groups is 1. The Morgan fingerprint density at radius 3 is 2.72 bits per heavy atom. The third-order valence-corrected chi connectivity index (χ3v) is 6.32. The quantitative estimate of drug-likeness (QED) is 0.841. The van der Waals surface area contributed by atoms with Gasteiger partial charge in [0.15, 0.2) is 0 Å². The van der Waals surface area contributed by atoms with Crippen LogP contribution in [0.3, 0.4) is 0 Å². The second-order valence-electron chi connectivity index (χ2n) is 8.58. The van der Waals surface area contributed by atoms with Gasteiger partial charge < -0.3 is 14.9 Å². The van der Waals surface area contributed by atoms with E-state index in [-0.39, 0.29) is 17.4 Å². The lowest BCUT2D eigenvalue weighted by molar-refractivity contribution is -0.134. The molecule has 1 atom stereocenters. The van der Waals surface area contributed by atoms with E-state index in [4.69, 9.17) is 0 Å². The number of carbonyl (C=O) groups is 1. The molecule has 2 saturated heterocycles. The maximum atomic E-state index is 12.7. The summed E-state index contributed by atoms with van der Waals surface area (Å²) in [6.45, 7) is 7.56. The molecule has 0 aromatic carbocycles. The van der Waals surface area contributed by atoms with Gasteiger partial charge in [0.05, 0.1) is 18.0 Å². The van der Waals surface area contributed by atoms with Crippen LogP contribution < -0.4 is 4.90 Å². The van der Waals surface area contributed by atoms with Crippen LogP contribution in [0.15, 0.2) is 24.7 Å². The van der Waals surface area contributed by atoms with E-state index in [0.717, 1.165) is 56.1 Å². The summed E-state index contributed by atoms with van der Waals surface area (Å²) in [6.07, 6.45) is 7.81. The lowest BCUT2D eigenvalue weighted by Crippen LogP contribution is -2.54. The van der Waals surface area contributed by atoms with Gasteiger partial charge in [0.1, 0.15) is 5.82 Å². The van der Waals surface area contributed by atoms with E-state index in [2.05, 4.69) is 20.0 Å². The minimum atomic E-state index is -0.376. The number of β-amino-alcohol motifs (C(OH)–C–C–N with tert-alkyl or cyclic N) is 1. The van der Waals surface area contributed by atoms with Gasteiger partial charge in [0, 0.05) is 57.2 Å². The maximum absolute atomic E-state index is 12.7. The van der Waals surface area contributed by atoms with Crippen LogP contribution in [0.1, 0.15) is 37.1 Å². The number of aliphatic hydroxyl groups excluding tert-OH is 1. The van der Waals surface area contributed by atoms with Gasteiger partial charge in [0.25, 0.3) is 0 Å². The van der Waals surface area contributed by atoms with Crippen LogP contribution >= 0.6 is 0 Å². The Morgan fingerprint density at radius 2 is 2.07 bits per heavy atom. The molecule has 0 bridgehead atoms. The minimum Gasteiger partial charge on any atom is -0.391 e. The Morgan fingerprint density at radius 1 is 1.28 bits per heavy atom. The Hall–Kier alpha value is -2.48. The van der Waals surface area contributed by atoms with Crippen molar-refractivity contribution in [2.24, 2.45) is 5.41 Å². The normalized spacial score (nSPS) is 21.6. The average molecular weight is 399 g/mol. The first kappa shape index (κ1) is 19.8. The summed E-state index contributed by atoms with van der Waals surface area (Å²) in [4.78, 5) is 25.4. The molecule has 8 nitrogen and oxygen atoms in total. The molecule has 2 aliphatic rings. The van der Waals surface area contributed by atoms with Gasteiger partial charge in [-0.15, -0.1) is 0 Å². The van der Waals surface area contributed by atoms with E-state index < -0.39 is 0 Å². The van der Waals surface area contributed by atoms with Crippen molar-refractivity contribution in [3.63, 3.8) is 0 Å². The van der Waals surface area contributed by atoms with Gasteiger partial charge in [-0.3, -0.25) is 14.5 Å². The minimum absolute atomic E-state index is 0.0294. The zero-order chi connectivity index (χ0) is 20.4. The molecule has 4 rings (SSSR count). The van der Waals surface area contributed by atoms with Crippen LogP contribution in [-0.2, 0) is 11.3 Å². The van der Waals surface area contributed by atoms with Gasteiger partial charge in [-0.1, -0.05) is 0 Å². The molecule has 0 saturated carbocycles. The smallest absolute Gasteiger partial charge is 0.224 e. The summed E-state index contributed by atoms with van der Waals surface area (Å²) in [6, 6.07) is 2.03. The molecule has 1 amide bonds. The Balaban J connectivity index is 1.34. The second kappa shape index (κ2) is 8.10. The first-order valence-corrected chi connectivity index (χ1v) is 10.4. The van der Waals surface area contributed by atoms with Crippen molar-refractivity contribution in [2.75, 3.05) is 31.1 Å². The number of rotatable bonds is 4. The van der Waals surface area contributed by atoms with Crippen LogP contribution in [0.2, 0.25) is 0 Å². The fourth-order valence-electron chi connectivity index (χ4n) is 4.84. The molecule has 156 valence electrons. The number of aromatic nitrogens is 4. The highest BCUT2D eigenvalue weighted by molar-refractivity contribution is 5.76. The van der Waals surface area contributed by atoms with E-state index in [1.54, 1.807) is 18.6 Å². The molecule has 0 aliphatic carbocycles. The van der Waals surface area contributed by atoms with Crippen molar-refractivity contribution in [1.29, 1.82) is 0 Å². The van der Waals surface area contributed by atoms with Gasteiger partial charge >= 0.3 is 0 Å². The number of anilines is 1. The molecule has 2 fully saturated rings. The van der Waals surface area contributed by atoms with Crippen molar-refractivity contribution < 1.29 is 9.90 Å². The van der Waals surface area contributed by atoms with E-state index >= 15 is 0 Å². The Kier molecular flexibility index (Phi) is 5.54. The lowest BCUT2D eigenvalue weighted by Gasteiger charge is -2.49. The number of likely N-dealkylation sites (tertiary alicyclic amines) is 1. The van der Waals surface area contributed by atoms with Crippen LogP contribution in [0.25, 0.3) is 0 Å². The van der Waals surface area contributed by atoms with E-state index in [1.165, 1.54) is 0 Å². The molecule has 8 heteroatoms. The fraction of sp³-hybridized carbons (Fsp3) is 0.619. The molecule has 4 heterocycles. The van der Waals surface area contributed by atoms with Crippen molar-refractivity contribution in [2.45, 2.75) is 52.2 Å². The van der Waals surface area contributed by atoms with E-state index in [9.17, 15) is 9.90 Å². The number of nitrogens with zero attached hydrogens (tertiary/aromatic N) is 6. The lowest BCUT2D eigenvalue weighted by atomic mass is 9.71. The monoisotopic (exact) mass is 398 g/mol. The highest BCUT2D eigenvalue weighted by Crippen LogP contribution is 2.41. The summed E-state index contributed by atoms with van der Waals surface area (Å²) in [5, 5.41) is 14.9. The molecule has 2 aromatic heterocycles. The van der Waals surface area contributed by atoms with Crippen LogP contribution in [0.5, 0.6) is 0 Å². The number of carbonyl (C=O) groups excluding carboxylic acids is 1. The summed E-state index contributed by atoms with van der Waals surface area (Å²) < 4.78 is 1.91. The van der Waals surface area contributed by atoms with Crippen LogP contribution in [-0.4, -0.2) is 67.9 Å². The predicted molar refractivity (Wildman–Crippen MR) is 109 cm³/mol. The molecule has 0 radical (unpaired) electrons. The molecule has 29 heavy (non-hydrogen) atoms. The maximum Gasteiger partial charge on any atom is 0.224 e. The van der Waals surface area contributed by atoms with Gasteiger partial charge in [0.2, 0.25) is 5.91 Å². The van der Waals surface area contributed by atoms with Crippen molar-refractivity contribution >= 4 is 11.7 Å². The number of aryl methyl sites for hydroxylation is 3. The number of piperidine rings is 2. The summed E-state index contributed by atoms with van der Waals surface area (Å²) in [5.74, 6) is 1.00. The second-order valence-corrected chi connectivity index (χ2v) is 8.58. The summed E-state index contributed by atoms with van der Waals surface area (Å²) in [5.41, 5.74) is 2.10. The molecular formula is C21H30N6O2. The summed E-state index contributed by atoms with van der Waals surface area (Å²) in [7, 11) is 0. The molecule has 1 spiro atoms. The van der Waals surface area contributed by atoms with Crippen molar-refractivity contribution in [3.05, 3.63) is 36.0 Å².